The van der Waals surface area contributed by atoms with Gasteiger partial charge in [-0.15, -0.1) is 0 Å². The van der Waals surface area contributed by atoms with Crippen LogP contribution in [0.2, 0.25) is 0 Å². The van der Waals surface area contributed by atoms with Gasteiger partial charge in [0.15, 0.2) is 0 Å². The second kappa shape index (κ2) is 5.93. The van der Waals surface area contributed by atoms with E-state index >= 15 is 0 Å². The van der Waals surface area contributed by atoms with Gasteiger partial charge < -0.3 is 19.7 Å². The molecule has 1 amide bonds. The van der Waals surface area contributed by atoms with Crippen LogP contribution in [0.4, 0.5) is 0 Å². The summed E-state index contributed by atoms with van der Waals surface area (Å²) in [4.78, 5) is 14.5. The van der Waals surface area contributed by atoms with Crippen LogP contribution in [0.1, 0.15) is 17.3 Å². The average molecular weight is 264 g/mol. The maximum Gasteiger partial charge on any atom is 0.258 e. The van der Waals surface area contributed by atoms with Crippen molar-refractivity contribution in [3.05, 3.63) is 23.8 Å². The quantitative estimate of drug-likeness (QED) is 0.866. The molecule has 1 N–H and O–H groups in total. The largest absolute Gasteiger partial charge is 0.497 e. The van der Waals surface area contributed by atoms with E-state index in [1.807, 2.05) is 11.8 Å². The minimum absolute atomic E-state index is 0.00949. The van der Waals surface area contributed by atoms with Gasteiger partial charge in [-0.25, -0.2) is 0 Å². The predicted octanol–water partition coefficient (Wildman–Crippen LogP) is 1.14. The summed E-state index contributed by atoms with van der Waals surface area (Å²) in [6.07, 6.45) is 0. The molecule has 0 aromatic heterocycles. The van der Waals surface area contributed by atoms with Crippen molar-refractivity contribution in [2.45, 2.75) is 13.0 Å². The van der Waals surface area contributed by atoms with Crippen LogP contribution in [0.3, 0.4) is 0 Å². The highest BCUT2D eigenvalue weighted by Gasteiger charge is 2.29. The van der Waals surface area contributed by atoms with Crippen molar-refractivity contribution in [3.63, 3.8) is 0 Å². The number of nitrogens with one attached hydrogen (secondary N) is 1. The lowest BCUT2D eigenvalue weighted by molar-refractivity contribution is 0.0626. The minimum atomic E-state index is -0.00949. The number of likely N-dealkylation sites (N-methyl/N-ethyl adjacent to an activating group) is 1. The van der Waals surface area contributed by atoms with Gasteiger partial charge in [0.05, 0.1) is 25.8 Å². The van der Waals surface area contributed by atoms with E-state index in [0.717, 1.165) is 13.1 Å². The number of methoxy groups -OCH3 is 2. The summed E-state index contributed by atoms with van der Waals surface area (Å²) >= 11 is 0. The molecule has 0 bridgehead atoms. The van der Waals surface area contributed by atoms with Crippen LogP contribution in [0, 0.1) is 0 Å². The van der Waals surface area contributed by atoms with Crippen molar-refractivity contribution in [1.29, 1.82) is 0 Å². The minimum Gasteiger partial charge on any atom is -0.497 e. The monoisotopic (exact) mass is 264 g/mol. The van der Waals surface area contributed by atoms with Gasteiger partial charge in [-0.2, -0.15) is 0 Å². The van der Waals surface area contributed by atoms with E-state index in [0.29, 0.717) is 23.6 Å². The zero-order chi connectivity index (χ0) is 13.8. The first-order chi connectivity index (χ1) is 9.21. The molecular formula is C14H20N2O3. The van der Waals surface area contributed by atoms with E-state index in [-0.39, 0.29) is 11.9 Å². The first-order valence-corrected chi connectivity index (χ1v) is 6.45. The Hall–Kier alpha value is -1.75. The van der Waals surface area contributed by atoms with E-state index in [2.05, 4.69) is 5.32 Å². The lowest BCUT2D eigenvalue weighted by Gasteiger charge is -2.37. The Labute approximate surface area is 113 Å². The van der Waals surface area contributed by atoms with Crippen LogP contribution >= 0.6 is 0 Å². The summed E-state index contributed by atoms with van der Waals surface area (Å²) in [5.41, 5.74) is 0.551. The van der Waals surface area contributed by atoms with Gasteiger partial charge in [-0.1, -0.05) is 0 Å². The molecule has 0 atom stereocenters. The van der Waals surface area contributed by atoms with Gasteiger partial charge in [0.1, 0.15) is 11.5 Å². The summed E-state index contributed by atoms with van der Waals surface area (Å²) in [6.45, 7) is 4.38. The van der Waals surface area contributed by atoms with Crippen molar-refractivity contribution in [2.75, 3.05) is 33.9 Å². The molecule has 0 aliphatic carbocycles. The lowest BCUT2D eigenvalue weighted by Crippen LogP contribution is -2.58. The second-order valence-electron chi connectivity index (χ2n) is 4.47. The summed E-state index contributed by atoms with van der Waals surface area (Å²) in [5.74, 6) is 1.23. The van der Waals surface area contributed by atoms with Crippen LogP contribution < -0.4 is 14.8 Å². The predicted molar refractivity (Wildman–Crippen MR) is 72.9 cm³/mol. The van der Waals surface area contributed by atoms with Gasteiger partial charge in [0.25, 0.3) is 5.91 Å². The third-order valence-corrected chi connectivity index (χ3v) is 3.44. The molecule has 1 saturated heterocycles. The molecule has 0 radical (unpaired) electrons. The fourth-order valence-corrected chi connectivity index (χ4v) is 2.20. The maximum atomic E-state index is 12.6. The highest BCUT2D eigenvalue weighted by molar-refractivity contribution is 5.97. The molecule has 0 spiro atoms. The Kier molecular flexibility index (Phi) is 4.27. The smallest absolute Gasteiger partial charge is 0.258 e. The molecule has 5 heteroatoms. The zero-order valence-electron chi connectivity index (χ0n) is 11.6. The lowest BCUT2D eigenvalue weighted by atomic mass is 10.1. The number of carbonyl (C=O) groups excluding carboxylic acids is 1. The Morgan fingerprint density at radius 2 is 2.11 bits per heavy atom. The number of carbonyl (C=O) groups is 1. The maximum absolute atomic E-state index is 12.6. The SMILES string of the molecule is CCN(C(=O)c1cc(OC)ccc1OC)C1CNC1. The topological polar surface area (TPSA) is 50.8 Å². The van der Waals surface area contributed by atoms with E-state index < -0.39 is 0 Å². The number of hydrogen-bond donors (Lipinski definition) is 1. The van der Waals surface area contributed by atoms with Gasteiger partial charge >= 0.3 is 0 Å². The fraction of sp³-hybridized carbons (Fsp3) is 0.500. The molecule has 1 heterocycles. The number of rotatable bonds is 5. The van der Waals surface area contributed by atoms with Crippen molar-refractivity contribution in [2.24, 2.45) is 0 Å². The van der Waals surface area contributed by atoms with Crippen LogP contribution in [-0.2, 0) is 0 Å². The van der Waals surface area contributed by atoms with Gasteiger partial charge in [-0.3, -0.25) is 4.79 Å². The van der Waals surface area contributed by atoms with Crippen molar-refractivity contribution in [3.8, 4) is 11.5 Å². The Bertz CT molecular complexity index is 458. The fourth-order valence-electron chi connectivity index (χ4n) is 2.20. The number of benzene rings is 1. The molecule has 5 nitrogen and oxygen atoms in total. The molecule has 104 valence electrons. The molecule has 0 unspecified atom stereocenters. The standard InChI is InChI=1S/C14H20N2O3/c1-4-16(10-8-15-9-10)14(17)12-7-11(18-2)5-6-13(12)19-3/h5-7,10,15H,4,8-9H2,1-3H3. The van der Waals surface area contributed by atoms with E-state index in [9.17, 15) is 4.79 Å². The molecule has 1 aromatic carbocycles. The number of hydrogen-bond acceptors (Lipinski definition) is 4. The zero-order valence-corrected chi connectivity index (χ0v) is 11.6. The Morgan fingerprint density at radius 3 is 2.58 bits per heavy atom. The molecule has 1 aliphatic rings. The summed E-state index contributed by atoms with van der Waals surface area (Å²) < 4.78 is 10.5. The van der Waals surface area contributed by atoms with Gasteiger partial charge in [0, 0.05) is 19.6 Å². The Balaban J connectivity index is 2.29. The number of ether oxygens (including phenoxy) is 2. The summed E-state index contributed by atoms with van der Waals surface area (Å²) in [6, 6.07) is 5.56. The second-order valence-corrected chi connectivity index (χ2v) is 4.47. The summed E-state index contributed by atoms with van der Waals surface area (Å²) in [5, 5.41) is 3.18. The molecule has 0 saturated carbocycles. The summed E-state index contributed by atoms with van der Waals surface area (Å²) in [7, 11) is 3.16. The van der Waals surface area contributed by atoms with Gasteiger partial charge in [-0.05, 0) is 25.1 Å². The number of nitrogens with zero attached hydrogens (tertiary/aromatic N) is 1. The molecule has 2 rings (SSSR count). The van der Waals surface area contributed by atoms with E-state index in [1.165, 1.54) is 0 Å². The van der Waals surface area contributed by atoms with E-state index in [4.69, 9.17) is 9.47 Å². The molecule has 1 aromatic rings. The first kappa shape index (κ1) is 13.7. The van der Waals surface area contributed by atoms with Gasteiger partial charge in [0.2, 0.25) is 0 Å². The third kappa shape index (κ3) is 2.66. The third-order valence-electron chi connectivity index (χ3n) is 3.44. The Morgan fingerprint density at radius 1 is 1.37 bits per heavy atom. The molecular weight excluding hydrogens is 244 g/mol. The number of amides is 1. The van der Waals surface area contributed by atoms with Crippen LogP contribution in [-0.4, -0.2) is 50.7 Å². The average Bonchev–Trinajstić information content (AvgIpc) is 2.40. The highest BCUT2D eigenvalue weighted by atomic mass is 16.5. The normalized spacial score (nSPS) is 14.7. The highest BCUT2D eigenvalue weighted by Crippen LogP contribution is 2.26. The molecule has 1 fully saturated rings. The molecule has 1 aliphatic heterocycles. The van der Waals surface area contributed by atoms with Crippen LogP contribution in [0.15, 0.2) is 18.2 Å². The van der Waals surface area contributed by atoms with Crippen molar-refractivity contribution >= 4 is 5.91 Å². The first-order valence-electron chi connectivity index (χ1n) is 6.45. The molecule has 19 heavy (non-hydrogen) atoms. The van der Waals surface area contributed by atoms with Crippen molar-refractivity contribution in [1.82, 2.24) is 10.2 Å². The van der Waals surface area contributed by atoms with Crippen molar-refractivity contribution < 1.29 is 14.3 Å². The van der Waals surface area contributed by atoms with Crippen LogP contribution in [0.25, 0.3) is 0 Å². The van der Waals surface area contributed by atoms with Crippen LogP contribution in [0.5, 0.6) is 11.5 Å². The van der Waals surface area contributed by atoms with E-state index in [1.54, 1.807) is 32.4 Å².